The van der Waals surface area contributed by atoms with Crippen LogP contribution in [0.3, 0.4) is 0 Å². The van der Waals surface area contributed by atoms with Gasteiger partial charge in [0.2, 0.25) is 11.7 Å². The number of rotatable bonds is 5. The maximum atomic E-state index is 5.59. The Morgan fingerprint density at radius 1 is 1.48 bits per heavy atom. The highest BCUT2D eigenvalue weighted by molar-refractivity contribution is 5.47. The standard InChI is InChI=1S/C14H21N5O2/c1-3-5-16-11-4-6-20-8-10(11)14-17-13(18-21-14)12-7-15-9-19(12)2/h7,9-11,16H,3-6,8H2,1-2H3. The fraction of sp³-hybridized carbons (Fsp3) is 0.643. The number of aromatic nitrogens is 4. The van der Waals surface area contributed by atoms with Gasteiger partial charge in [0.1, 0.15) is 5.69 Å². The second-order valence-corrected chi connectivity index (χ2v) is 5.38. The van der Waals surface area contributed by atoms with Crippen LogP contribution in [0.25, 0.3) is 11.5 Å². The molecule has 0 aromatic carbocycles. The summed E-state index contributed by atoms with van der Waals surface area (Å²) in [6, 6.07) is 0.332. The molecule has 21 heavy (non-hydrogen) atoms. The number of hydrogen-bond acceptors (Lipinski definition) is 6. The van der Waals surface area contributed by atoms with Gasteiger partial charge in [0, 0.05) is 19.7 Å². The van der Waals surface area contributed by atoms with E-state index >= 15 is 0 Å². The predicted molar refractivity (Wildman–Crippen MR) is 76.8 cm³/mol. The summed E-state index contributed by atoms with van der Waals surface area (Å²) in [7, 11) is 1.91. The van der Waals surface area contributed by atoms with Gasteiger partial charge >= 0.3 is 0 Å². The first-order chi connectivity index (χ1) is 10.3. The lowest BCUT2D eigenvalue weighted by Gasteiger charge is -2.29. The SMILES string of the molecule is CCCNC1CCOCC1c1nc(-c2cncn2C)no1. The zero-order valence-corrected chi connectivity index (χ0v) is 12.5. The molecule has 3 heterocycles. The fourth-order valence-corrected chi connectivity index (χ4v) is 2.62. The first-order valence-corrected chi connectivity index (χ1v) is 7.41. The smallest absolute Gasteiger partial charge is 0.234 e. The minimum Gasteiger partial charge on any atom is -0.381 e. The molecule has 7 nitrogen and oxygen atoms in total. The quantitative estimate of drug-likeness (QED) is 0.895. The number of aryl methyl sites for hydroxylation is 1. The van der Waals surface area contributed by atoms with Crippen LogP contribution in [0.4, 0.5) is 0 Å². The van der Waals surface area contributed by atoms with Crippen LogP contribution in [0.2, 0.25) is 0 Å². The topological polar surface area (TPSA) is 78.0 Å². The number of nitrogens with one attached hydrogen (secondary N) is 1. The molecule has 1 N–H and O–H groups in total. The molecule has 1 saturated heterocycles. The van der Waals surface area contributed by atoms with Crippen LogP contribution in [-0.2, 0) is 11.8 Å². The molecule has 0 amide bonds. The van der Waals surface area contributed by atoms with Crippen LogP contribution < -0.4 is 5.32 Å². The van der Waals surface area contributed by atoms with Crippen molar-refractivity contribution in [3.05, 3.63) is 18.4 Å². The highest BCUT2D eigenvalue weighted by Crippen LogP contribution is 2.26. The second-order valence-electron chi connectivity index (χ2n) is 5.38. The van der Waals surface area contributed by atoms with Gasteiger partial charge in [0.15, 0.2) is 0 Å². The highest BCUT2D eigenvalue weighted by atomic mass is 16.5. The van der Waals surface area contributed by atoms with E-state index in [0.717, 1.165) is 31.7 Å². The van der Waals surface area contributed by atoms with Crippen LogP contribution >= 0.6 is 0 Å². The molecular weight excluding hydrogens is 270 g/mol. The summed E-state index contributed by atoms with van der Waals surface area (Å²) in [4.78, 5) is 8.62. The van der Waals surface area contributed by atoms with Crippen LogP contribution in [0.1, 0.15) is 31.6 Å². The van der Waals surface area contributed by atoms with E-state index in [2.05, 4.69) is 27.4 Å². The van der Waals surface area contributed by atoms with E-state index in [0.29, 0.717) is 24.4 Å². The molecule has 1 fully saturated rings. The third kappa shape index (κ3) is 2.98. The van der Waals surface area contributed by atoms with Crippen molar-refractivity contribution in [2.75, 3.05) is 19.8 Å². The van der Waals surface area contributed by atoms with E-state index < -0.39 is 0 Å². The van der Waals surface area contributed by atoms with Crippen molar-refractivity contribution in [2.24, 2.45) is 7.05 Å². The molecule has 2 aromatic heterocycles. The molecule has 7 heteroatoms. The molecule has 3 rings (SSSR count). The minimum absolute atomic E-state index is 0.111. The zero-order chi connectivity index (χ0) is 14.7. The number of nitrogens with zero attached hydrogens (tertiary/aromatic N) is 4. The Morgan fingerprint density at radius 3 is 3.14 bits per heavy atom. The Morgan fingerprint density at radius 2 is 2.38 bits per heavy atom. The van der Waals surface area contributed by atoms with E-state index in [1.54, 1.807) is 12.5 Å². The van der Waals surface area contributed by atoms with Crippen LogP contribution in [-0.4, -0.2) is 45.5 Å². The van der Waals surface area contributed by atoms with Crippen molar-refractivity contribution in [1.29, 1.82) is 0 Å². The Bertz CT molecular complexity index is 579. The summed E-state index contributed by atoms with van der Waals surface area (Å²) in [5.41, 5.74) is 0.847. The van der Waals surface area contributed by atoms with E-state index in [1.807, 2.05) is 11.6 Å². The van der Waals surface area contributed by atoms with Crippen molar-refractivity contribution in [2.45, 2.75) is 31.7 Å². The van der Waals surface area contributed by atoms with Crippen LogP contribution in [0.5, 0.6) is 0 Å². The van der Waals surface area contributed by atoms with E-state index in [-0.39, 0.29) is 5.92 Å². The number of imidazole rings is 1. The first-order valence-electron chi connectivity index (χ1n) is 7.41. The largest absolute Gasteiger partial charge is 0.381 e. The summed E-state index contributed by atoms with van der Waals surface area (Å²) in [5.74, 6) is 1.32. The molecular formula is C14H21N5O2. The van der Waals surface area contributed by atoms with Gasteiger partial charge in [-0.05, 0) is 19.4 Å². The number of ether oxygens (including phenoxy) is 1. The van der Waals surface area contributed by atoms with Crippen molar-refractivity contribution < 1.29 is 9.26 Å². The molecule has 0 spiro atoms. The second kappa shape index (κ2) is 6.36. The molecule has 1 aliphatic rings. The van der Waals surface area contributed by atoms with E-state index in [9.17, 15) is 0 Å². The molecule has 0 bridgehead atoms. The molecule has 0 radical (unpaired) electrons. The van der Waals surface area contributed by atoms with Crippen molar-refractivity contribution in [1.82, 2.24) is 25.0 Å². The summed E-state index contributed by atoms with van der Waals surface area (Å²) in [5, 5.41) is 7.63. The van der Waals surface area contributed by atoms with Crippen LogP contribution in [0.15, 0.2) is 17.0 Å². The maximum Gasteiger partial charge on any atom is 0.234 e. The van der Waals surface area contributed by atoms with Gasteiger partial charge in [-0.2, -0.15) is 4.98 Å². The third-order valence-corrected chi connectivity index (χ3v) is 3.82. The van der Waals surface area contributed by atoms with Crippen molar-refractivity contribution in [3.8, 4) is 11.5 Å². The van der Waals surface area contributed by atoms with Gasteiger partial charge in [-0.15, -0.1) is 0 Å². The molecule has 114 valence electrons. The first kappa shape index (κ1) is 14.2. The van der Waals surface area contributed by atoms with Crippen molar-refractivity contribution in [3.63, 3.8) is 0 Å². The van der Waals surface area contributed by atoms with E-state index in [1.165, 1.54) is 0 Å². The predicted octanol–water partition coefficient (Wildman–Crippen LogP) is 1.34. The molecule has 0 saturated carbocycles. The molecule has 1 aliphatic heterocycles. The average molecular weight is 291 g/mol. The van der Waals surface area contributed by atoms with Crippen LogP contribution in [0, 0.1) is 0 Å². The van der Waals surface area contributed by atoms with Gasteiger partial charge in [0.25, 0.3) is 0 Å². The lowest BCUT2D eigenvalue weighted by atomic mass is 9.95. The van der Waals surface area contributed by atoms with Gasteiger partial charge in [-0.3, -0.25) is 0 Å². The third-order valence-electron chi connectivity index (χ3n) is 3.82. The van der Waals surface area contributed by atoms with Gasteiger partial charge in [-0.25, -0.2) is 4.98 Å². The molecule has 2 aromatic rings. The lowest BCUT2D eigenvalue weighted by molar-refractivity contribution is 0.0498. The Balaban J connectivity index is 1.79. The van der Waals surface area contributed by atoms with Gasteiger partial charge in [-0.1, -0.05) is 12.1 Å². The molecule has 2 unspecified atom stereocenters. The Hall–Kier alpha value is -1.73. The van der Waals surface area contributed by atoms with Crippen molar-refractivity contribution >= 4 is 0 Å². The normalized spacial score (nSPS) is 22.6. The Kier molecular flexibility index (Phi) is 4.31. The Labute approximate surface area is 123 Å². The average Bonchev–Trinajstić information content (AvgIpc) is 3.14. The van der Waals surface area contributed by atoms with Gasteiger partial charge in [0.05, 0.1) is 25.0 Å². The summed E-state index contributed by atoms with van der Waals surface area (Å²) >= 11 is 0. The van der Waals surface area contributed by atoms with E-state index in [4.69, 9.17) is 9.26 Å². The summed E-state index contributed by atoms with van der Waals surface area (Å²) in [6.45, 7) is 4.55. The highest BCUT2D eigenvalue weighted by Gasteiger charge is 2.31. The monoisotopic (exact) mass is 291 g/mol. The minimum atomic E-state index is 0.111. The summed E-state index contributed by atoms with van der Waals surface area (Å²) in [6.07, 6.45) is 5.53. The van der Waals surface area contributed by atoms with Gasteiger partial charge < -0.3 is 19.1 Å². The summed E-state index contributed by atoms with van der Waals surface area (Å²) < 4.78 is 12.9. The molecule has 0 aliphatic carbocycles. The fourth-order valence-electron chi connectivity index (χ4n) is 2.62. The zero-order valence-electron chi connectivity index (χ0n) is 12.5. The molecule has 2 atom stereocenters. The number of hydrogen-bond donors (Lipinski definition) is 1. The lowest BCUT2D eigenvalue weighted by Crippen LogP contribution is -2.41. The maximum absolute atomic E-state index is 5.59.